The predicted molar refractivity (Wildman–Crippen MR) is 151 cm³/mol. The Balaban J connectivity index is 1.67. The number of thiocarbonyl (C=S) groups is 1. The number of aromatic nitrogens is 2. The molecule has 198 valence electrons. The summed E-state index contributed by atoms with van der Waals surface area (Å²) in [5, 5.41) is 20.1. The minimum absolute atomic E-state index is 0.0480. The van der Waals surface area contributed by atoms with Crippen molar-refractivity contribution in [2.75, 3.05) is 13.1 Å². The second-order valence-electron chi connectivity index (χ2n) is 8.97. The van der Waals surface area contributed by atoms with Gasteiger partial charge in [0.2, 0.25) is 5.91 Å². The van der Waals surface area contributed by atoms with Crippen molar-refractivity contribution in [3.8, 4) is 0 Å². The number of non-ortho nitro benzene ring substituents is 1. The van der Waals surface area contributed by atoms with Crippen LogP contribution < -0.4 is 10.6 Å². The van der Waals surface area contributed by atoms with Gasteiger partial charge >= 0.3 is 0 Å². The highest BCUT2D eigenvalue weighted by Crippen LogP contribution is 2.17. The molecule has 2 atom stereocenters. The lowest BCUT2D eigenvalue weighted by molar-refractivity contribution is -0.384. The third-order valence-electron chi connectivity index (χ3n) is 6.28. The molecule has 0 saturated heterocycles. The van der Waals surface area contributed by atoms with Gasteiger partial charge in [-0.25, -0.2) is 4.98 Å². The number of nitrogens with one attached hydrogen (secondary N) is 2. The van der Waals surface area contributed by atoms with Crippen LogP contribution in [-0.4, -0.2) is 49.5 Å². The molecule has 0 aliphatic rings. The number of imidazole rings is 1. The molecule has 0 spiro atoms. The summed E-state index contributed by atoms with van der Waals surface area (Å²) in [7, 11) is 0. The number of nitrogens with zero attached hydrogens (tertiary/aromatic N) is 4. The average Bonchev–Trinajstić information content (AvgIpc) is 3.55. The topological polar surface area (TPSA) is 105 Å². The fraction of sp³-hybridized carbons (Fsp3) is 0.423. The number of thiophene rings is 1. The highest BCUT2D eigenvalue weighted by Gasteiger charge is 2.24. The van der Waals surface area contributed by atoms with Crippen LogP contribution in [0.4, 0.5) is 5.69 Å². The van der Waals surface area contributed by atoms with E-state index in [1.54, 1.807) is 36.0 Å². The normalized spacial score (nSPS) is 12.5. The lowest BCUT2D eigenvalue weighted by Crippen LogP contribution is -2.51. The summed E-state index contributed by atoms with van der Waals surface area (Å²) in [6.07, 6.45) is 4.47. The number of nitro groups is 1. The van der Waals surface area contributed by atoms with Crippen LogP contribution in [0.3, 0.4) is 0 Å². The van der Waals surface area contributed by atoms with E-state index in [0.29, 0.717) is 24.7 Å². The molecule has 0 radical (unpaired) electrons. The lowest BCUT2D eigenvalue weighted by atomic mass is 9.98. The number of amides is 1. The molecule has 0 saturated carbocycles. The van der Waals surface area contributed by atoms with E-state index in [0.717, 1.165) is 24.2 Å². The van der Waals surface area contributed by atoms with Crippen LogP contribution in [0.5, 0.6) is 0 Å². The Morgan fingerprint density at radius 1 is 1.27 bits per heavy atom. The molecule has 0 bridgehead atoms. The molecule has 9 nitrogen and oxygen atoms in total. The molecular formula is C26H34N6O3S2. The molecule has 2 heterocycles. The molecule has 0 aliphatic carbocycles. The highest BCUT2D eigenvalue weighted by atomic mass is 32.1. The summed E-state index contributed by atoms with van der Waals surface area (Å²) in [4.78, 5) is 31.2. The van der Waals surface area contributed by atoms with Gasteiger partial charge in [0.25, 0.3) is 5.69 Å². The molecule has 1 amide bonds. The van der Waals surface area contributed by atoms with Gasteiger partial charge in [0.05, 0.1) is 24.2 Å². The zero-order valence-corrected chi connectivity index (χ0v) is 23.1. The van der Waals surface area contributed by atoms with Crippen molar-refractivity contribution in [2.45, 2.75) is 52.7 Å². The van der Waals surface area contributed by atoms with Crippen LogP contribution in [0, 0.1) is 16.0 Å². The van der Waals surface area contributed by atoms with Crippen molar-refractivity contribution in [1.29, 1.82) is 0 Å². The zero-order chi connectivity index (χ0) is 26.8. The first-order valence-corrected chi connectivity index (χ1v) is 13.7. The molecule has 0 unspecified atom stereocenters. The smallest absolute Gasteiger partial charge is 0.269 e. The molecule has 37 heavy (non-hydrogen) atoms. The Bertz CT molecular complexity index is 1160. The van der Waals surface area contributed by atoms with Gasteiger partial charge in [0.1, 0.15) is 0 Å². The molecule has 0 aliphatic heterocycles. The highest BCUT2D eigenvalue weighted by molar-refractivity contribution is 7.80. The lowest BCUT2D eigenvalue weighted by Gasteiger charge is -2.33. The Kier molecular flexibility index (Phi) is 10.6. The van der Waals surface area contributed by atoms with Crippen LogP contribution in [-0.2, 0) is 24.3 Å². The number of rotatable bonds is 13. The summed E-state index contributed by atoms with van der Waals surface area (Å²) in [5.74, 6) is 0.172. The maximum Gasteiger partial charge on any atom is 0.269 e. The van der Waals surface area contributed by atoms with Gasteiger partial charge in [-0.2, -0.15) is 0 Å². The van der Waals surface area contributed by atoms with Gasteiger partial charge < -0.3 is 20.1 Å². The van der Waals surface area contributed by atoms with E-state index in [1.807, 2.05) is 17.6 Å². The fourth-order valence-electron chi connectivity index (χ4n) is 3.94. The third-order valence-corrected chi connectivity index (χ3v) is 7.54. The fourth-order valence-corrected chi connectivity index (χ4v) is 4.95. The molecule has 1 aromatic carbocycles. The largest absolute Gasteiger partial charge is 0.363 e. The minimum atomic E-state index is -0.420. The standard InChI is InChI=1S/C26H34N6O3S2/c1-4-19(3)24(17-30(26(36)28-5-2)16-23-7-6-12-37-23)29-25(33)13-22-14-27-18-31(22)15-20-8-10-21(11-9-20)32(34)35/h6-12,14,18-19,24H,4-5,13,15-17H2,1-3H3,(H,28,36)(H,29,33)/t19-,24+/m0/s1. The van der Waals surface area contributed by atoms with E-state index in [4.69, 9.17) is 12.2 Å². The number of carbonyl (C=O) groups excluding carboxylic acids is 1. The Hall–Kier alpha value is -3.31. The third kappa shape index (κ3) is 8.36. The van der Waals surface area contributed by atoms with E-state index < -0.39 is 4.92 Å². The van der Waals surface area contributed by atoms with Gasteiger partial charge in [0.15, 0.2) is 5.11 Å². The molecule has 11 heteroatoms. The number of benzene rings is 1. The maximum absolute atomic E-state index is 13.2. The van der Waals surface area contributed by atoms with Crippen LogP contribution in [0.2, 0.25) is 0 Å². The number of carbonyl (C=O) groups is 1. The zero-order valence-electron chi connectivity index (χ0n) is 21.4. The van der Waals surface area contributed by atoms with Gasteiger partial charge in [-0.15, -0.1) is 11.3 Å². The van der Waals surface area contributed by atoms with E-state index in [1.165, 1.54) is 17.0 Å². The second kappa shape index (κ2) is 13.8. The Morgan fingerprint density at radius 3 is 2.65 bits per heavy atom. The molecule has 2 aromatic heterocycles. The van der Waals surface area contributed by atoms with Gasteiger partial charge in [-0.3, -0.25) is 14.9 Å². The van der Waals surface area contributed by atoms with Crippen LogP contribution in [0.25, 0.3) is 0 Å². The molecule has 3 aromatic rings. The van der Waals surface area contributed by atoms with Crippen LogP contribution in [0.15, 0.2) is 54.3 Å². The number of nitro benzene ring substituents is 1. The molecule has 0 fully saturated rings. The van der Waals surface area contributed by atoms with E-state index in [9.17, 15) is 14.9 Å². The summed E-state index contributed by atoms with van der Waals surface area (Å²) in [5.41, 5.74) is 1.72. The van der Waals surface area contributed by atoms with Crippen molar-refractivity contribution >= 4 is 40.3 Å². The van der Waals surface area contributed by atoms with Crippen molar-refractivity contribution in [2.24, 2.45) is 5.92 Å². The van der Waals surface area contributed by atoms with Gasteiger partial charge in [0, 0.05) is 54.6 Å². The first-order chi connectivity index (χ1) is 17.8. The monoisotopic (exact) mass is 542 g/mol. The Labute approximate surface area is 227 Å². The predicted octanol–water partition coefficient (Wildman–Crippen LogP) is 4.37. The minimum Gasteiger partial charge on any atom is -0.363 e. The summed E-state index contributed by atoms with van der Waals surface area (Å²) < 4.78 is 1.89. The van der Waals surface area contributed by atoms with Crippen molar-refractivity contribution in [3.05, 3.63) is 80.6 Å². The van der Waals surface area contributed by atoms with Crippen LogP contribution >= 0.6 is 23.6 Å². The quantitative estimate of drug-likeness (QED) is 0.188. The van der Waals surface area contributed by atoms with Crippen LogP contribution in [0.1, 0.15) is 43.3 Å². The average molecular weight is 543 g/mol. The first-order valence-electron chi connectivity index (χ1n) is 12.4. The number of hydrogen-bond donors (Lipinski definition) is 2. The maximum atomic E-state index is 13.2. The molecular weight excluding hydrogens is 508 g/mol. The Morgan fingerprint density at radius 2 is 2.03 bits per heavy atom. The van der Waals surface area contributed by atoms with Crippen molar-refractivity contribution < 1.29 is 9.72 Å². The summed E-state index contributed by atoms with van der Waals surface area (Å²) in [6, 6.07) is 10.4. The van der Waals surface area contributed by atoms with E-state index >= 15 is 0 Å². The first kappa shape index (κ1) is 28.3. The van der Waals surface area contributed by atoms with E-state index in [-0.39, 0.29) is 30.0 Å². The van der Waals surface area contributed by atoms with Gasteiger partial charge in [-0.1, -0.05) is 38.5 Å². The van der Waals surface area contributed by atoms with E-state index in [2.05, 4.69) is 45.8 Å². The molecule has 3 rings (SSSR count). The molecule has 2 N–H and O–H groups in total. The second-order valence-corrected chi connectivity index (χ2v) is 10.4. The summed E-state index contributed by atoms with van der Waals surface area (Å²) >= 11 is 7.34. The van der Waals surface area contributed by atoms with Crippen molar-refractivity contribution in [1.82, 2.24) is 25.1 Å². The van der Waals surface area contributed by atoms with Gasteiger partial charge in [-0.05, 0) is 42.1 Å². The van der Waals surface area contributed by atoms with Crippen molar-refractivity contribution in [3.63, 3.8) is 0 Å². The number of hydrogen-bond acceptors (Lipinski definition) is 6. The SMILES string of the molecule is CCNC(=S)N(Cc1cccs1)C[C@@H](NC(=O)Cc1cncn1Cc1ccc([N+](=O)[O-])cc1)[C@@H](C)CC. The summed E-state index contributed by atoms with van der Waals surface area (Å²) in [6.45, 7) is 8.78.